The number of hydrogen-bond acceptors (Lipinski definition) is 4. The predicted molar refractivity (Wildman–Crippen MR) is 115 cm³/mol. The topological polar surface area (TPSA) is 90.5 Å². The highest BCUT2D eigenvalue weighted by Gasteiger charge is 2.33. The molecule has 160 valence electrons. The summed E-state index contributed by atoms with van der Waals surface area (Å²) in [5.74, 6) is 2.33. The van der Waals surface area contributed by atoms with Crippen LogP contribution in [0.1, 0.15) is 62.8 Å². The molecule has 30 heavy (non-hydrogen) atoms. The summed E-state index contributed by atoms with van der Waals surface area (Å²) in [7, 11) is 0. The van der Waals surface area contributed by atoms with Crippen LogP contribution in [0.25, 0.3) is 11.3 Å². The number of benzene rings is 1. The van der Waals surface area contributed by atoms with Crippen LogP contribution < -0.4 is 15.0 Å². The number of anilines is 1. The van der Waals surface area contributed by atoms with E-state index in [1.165, 1.54) is 11.3 Å². The van der Waals surface area contributed by atoms with Gasteiger partial charge in [-0.1, -0.05) is 0 Å². The summed E-state index contributed by atoms with van der Waals surface area (Å²) >= 11 is 0. The average Bonchev–Trinajstić information content (AvgIpc) is 3.20. The number of piperidine rings is 1. The van der Waals surface area contributed by atoms with Crippen LogP contribution in [-0.2, 0) is 6.42 Å². The van der Waals surface area contributed by atoms with Crippen molar-refractivity contribution in [1.82, 2.24) is 15.3 Å². The quantitative estimate of drug-likeness (QED) is 0.699. The van der Waals surface area contributed by atoms with E-state index in [-0.39, 0.29) is 12.1 Å². The van der Waals surface area contributed by atoms with Gasteiger partial charge in [-0.15, -0.1) is 0 Å². The first-order valence-electron chi connectivity index (χ1n) is 11.2. The summed E-state index contributed by atoms with van der Waals surface area (Å²) < 4.78 is 6.47. The van der Waals surface area contributed by atoms with Crippen molar-refractivity contribution >= 4 is 11.8 Å². The average molecular weight is 411 g/mol. The Kier molecular flexibility index (Phi) is 5.15. The maximum atomic E-state index is 11.9. The van der Waals surface area contributed by atoms with Crippen LogP contribution in [0.3, 0.4) is 0 Å². The number of rotatable bonds is 4. The third-order valence-corrected chi connectivity index (χ3v) is 6.89. The molecule has 3 aliphatic rings. The van der Waals surface area contributed by atoms with E-state index < -0.39 is 6.09 Å². The lowest BCUT2D eigenvalue weighted by atomic mass is 9.92. The molecule has 0 spiro atoms. The number of aromatic amines is 1. The molecule has 7 heteroatoms. The van der Waals surface area contributed by atoms with Gasteiger partial charge in [-0.05, 0) is 77.1 Å². The fraction of sp³-hybridized carbons (Fsp3) is 0.565. The molecule has 1 aliphatic carbocycles. The third-order valence-electron chi connectivity index (χ3n) is 6.89. The van der Waals surface area contributed by atoms with Gasteiger partial charge in [0.15, 0.2) is 0 Å². The summed E-state index contributed by atoms with van der Waals surface area (Å²) in [5.41, 5.74) is 3.62. The first-order chi connectivity index (χ1) is 14.6. The highest BCUT2D eigenvalue weighted by molar-refractivity contribution is 5.90. The van der Waals surface area contributed by atoms with Gasteiger partial charge in [-0.3, -0.25) is 4.90 Å². The van der Waals surface area contributed by atoms with Crippen molar-refractivity contribution in [2.24, 2.45) is 0 Å². The second-order valence-electron chi connectivity index (χ2n) is 8.85. The molecule has 0 radical (unpaired) electrons. The van der Waals surface area contributed by atoms with Gasteiger partial charge in [0, 0.05) is 29.3 Å². The molecule has 0 unspecified atom stereocenters. The lowest BCUT2D eigenvalue weighted by Crippen LogP contribution is -2.41. The number of fused-ring (bicyclic) bond motifs is 1. The minimum Gasteiger partial charge on any atom is -0.489 e. The lowest BCUT2D eigenvalue weighted by Gasteiger charge is -2.36. The van der Waals surface area contributed by atoms with E-state index in [9.17, 15) is 9.90 Å². The number of imidazole rings is 1. The zero-order chi connectivity index (χ0) is 20.7. The normalized spacial score (nSPS) is 22.4. The van der Waals surface area contributed by atoms with Gasteiger partial charge >= 0.3 is 6.09 Å². The fourth-order valence-corrected chi connectivity index (χ4v) is 4.87. The molecule has 2 aliphatic heterocycles. The number of H-pyrrole nitrogens is 1. The Hall–Kier alpha value is -2.54. The van der Waals surface area contributed by atoms with E-state index >= 15 is 0 Å². The van der Waals surface area contributed by atoms with Crippen LogP contribution >= 0.6 is 0 Å². The van der Waals surface area contributed by atoms with Crippen molar-refractivity contribution in [3.63, 3.8) is 0 Å². The van der Waals surface area contributed by atoms with Gasteiger partial charge in [-0.25, -0.2) is 9.78 Å². The van der Waals surface area contributed by atoms with Gasteiger partial charge in [0.05, 0.1) is 17.5 Å². The minimum atomic E-state index is -0.904. The third kappa shape index (κ3) is 3.45. The Morgan fingerprint density at radius 1 is 1.20 bits per heavy atom. The number of nitrogens with zero attached hydrogens (tertiary/aromatic N) is 2. The molecule has 1 amide bonds. The first kappa shape index (κ1) is 19.4. The van der Waals surface area contributed by atoms with Crippen molar-refractivity contribution in [2.75, 3.05) is 18.0 Å². The minimum absolute atomic E-state index is 0.0331. The van der Waals surface area contributed by atoms with Crippen molar-refractivity contribution in [3.05, 3.63) is 29.7 Å². The maximum absolute atomic E-state index is 11.9. The molecule has 3 N–H and O–H groups in total. The van der Waals surface area contributed by atoms with Crippen LogP contribution in [0.15, 0.2) is 18.3 Å². The monoisotopic (exact) mass is 410 g/mol. The molecule has 1 saturated carbocycles. The Morgan fingerprint density at radius 2 is 2.00 bits per heavy atom. The Morgan fingerprint density at radius 3 is 2.70 bits per heavy atom. The van der Waals surface area contributed by atoms with Gasteiger partial charge in [0.2, 0.25) is 0 Å². The van der Waals surface area contributed by atoms with Gasteiger partial charge in [0.1, 0.15) is 11.6 Å². The van der Waals surface area contributed by atoms with E-state index in [1.807, 2.05) is 25.3 Å². The Bertz CT molecular complexity index is 931. The molecule has 2 aromatic rings. The number of carboxylic acid groups (broad SMARTS) is 1. The van der Waals surface area contributed by atoms with Gasteiger partial charge < -0.3 is 20.1 Å². The maximum Gasteiger partial charge on any atom is 0.412 e. The number of amides is 1. The molecule has 7 nitrogen and oxygen atoms in total. The second kappa shape index (κ2) is 7.95. The molecule has 1 aromatic carbocycles. The fourth-order valence-electron chi connectivity index (χ4n) is 4.87. The van der Waals surface area contributed by atoms with Crippen molar-refractivity contribution in [3.8, 4) is 17.0 Å². The Balaban J connectivity index is 1.55. The molecule has 3 heterocycles. The molecule has 1 saturated heterocycles. The van der Waals surface area contributed by atoms with E-state index in [0.29, 0.717) is 5.92 Å². The predicted octanol–water partition coefficient (Wildman–Crippen LogP) is 4.29. The lowest BCUT2D eigenvalue weighted by molar-refractivity contribution is 0.119. The van der Waals surface area contributed by atoms with Crippen LogP contribution in [-0.4, -0.2) is 46.4 Å². The molecule has 1 atom stereocenters. The van der Waals surface area contributed by atoms with Crippen LogP contribution in [0.4, 0.5) is 10.5 Å². The van der Waals surface area contributed by atoms with Crippen LogP contribution in [0.2, 0.25) is 0 Å². The molecular formula is C23H30N4O3. The largest absolute Gasteiger partial charge is 0.489 e. The zero-order valence-electron chi connectivity index (χ0n) is 17.5. The van der Waals surface area contributed by atoms with Crippen LogP contribution in [0, 0.1) is 0 Å². The summed E-state index contributed by atoms with van der Waals surface area (Å²) in [4.78, 5) is 21.7. The summed E-state index contributed by atoms with van der Waals surface area (Å²) in [6.07, 6.45) is 8.40. The molecule has 5 rings (SSSR count). The molecule has 0 bridgehead atoms. The summed E-state index contributed by atoms with van der Waals surface area (Å²) in [6.45, 7) is 4.02. The number of aromatic nitrogens is 2. The first-order valence-corrected chi connectivity index (χ1v) is 11.2. The SMILES string of the molecule is C[C@H]1CCc2c(ccc(-c3c[nH]c(C4CCNCC4)n3)c2OC2CCC2)N1C(=O)O. The van der Waals surface area contributed by atoms with E-state index in [4.69, 9.17) is 9.72 Å². The smallest absolute Gasteiger partial charge is 0.412 e. The second-order valence-corrected chi connectivity index (χ2v) is 8.85. The number of hydrogen-bond donors (Lipinski definition) is 3. The number of carbonyl (C=O) groups is 1. The number of ether oxygens (including phenoxy) is 1. The molecule has 2 fully saturated rings. The van der Waals surface area contributed by atoms with E-state index in [0.717, 1.165) is 85.7 Å². The van der Waals surface area contributed by atoms with E-state index in [2.05, 4.69) is 10.3 Å². The van der Waals surface area contributed by atoms with Gasteiger partial charge in [0.25, 0.3) is 0 Å². The van der Waals surface area contributed by atoms with Crippen molar-refractivity contribution in [1.29, 1.82) is 0 Å². The van der Waals surface area contributed by atoms with Crippen molar-refractivity contribution in [2.45, 2.75) is 69.9 Å². The van der Waals surface area contributed by atoms with Crippen molar-refractivity contribution < 1.29 is 14.6 Å². The van der Waals surface area contributed by atoms with Gasteiger partial charge in [-0.2, -0.15) is 0 Å². The van der Waals surface area contributed by atoms with E-state index in [1.54, 1.807) is 0 Å². The number of nitrogens with one attached hydrogen (secondary N) is 2. The molecular weight excluding hydrogens is 380 g/mol. The molecule has 1 aromatic heterocycles. The Labute approximate surface area is 176 Å². The highest BCUT2D eigenvalue weighted by Crippen LogP contribution is 2.44. The standard InChI is InChI=1S/C23H30N4O3/c1-14-5-6-18-20(27(14)23(28)29)8-7-17(21(18)30-16-3-2-4-16)19-13-25-22(26-19)15-9-11-24-12-10-15/h7-8,13-16,24H,2-6,9-12H2,1H3,(H,25,26)(H,28,29)/t14-/m0/s1. The highest BCUT2D eigenvalue weighted by atomic mass is 16.5. The zero-order valence-corrected chi connectivity index (χ0v) is 17.5. The summed E-state index contributed by atoms with van der Waals surface area (Å²) in [6, 6.07) is 3.89. The van der Waals surface area contributed by atoms with Crippen LogP contribution in [0.5, 0.6) is 5.75 Å². The summed E-state index contributed by atoms with van der Waals surface area (Å²) in [5, 5.41) is 13.2.